The third kappa shape index (κ3) is 2.77. The number of ketones is 1. The minimum absolute atomic E-state index is 0.0533. The Balaban J connectivity index is 2.53. The monoisotopic (exact) mass is 300 g/mol. The molecule has 0 amide bonds. The molecule has 0 N–H and O–H groups in total. The molecule has 98 valence electrons. The minimum atomic E-state index is -0.740. The first-order valence-corrected chi connectivity index (χ1v) is 6.11. The summed E-state index contributed by atoms with van der Waals surface area (Å²) in [6, 6.07) is 6.06. The maximum absolute atomic E-state index is 13.7. The average molecular weight is 301 g/mol. The van der Waals surface area contributed by atoms with E-state index < -0.39 is 17.4 Å². The van der Waals surface area contributed by atoms with E-state index in [1.807, 2.05) is 0 Å². The molecule has 0 spiro atoms. The molecular weight excluding hydrogens is 293 g/mol. The highest BCUT2D eigenvalue weighted by Gasteiger charge is 2.18. The van der Waals surface area contributed by atoms with E-state index in [0.29, 0.717) is 0 Å². The zero-order valence-corrected chi connectivity index (χ0v) is 11.3. The van der Waals surface area contributed by atoms with Crippen molar-refractivity contribution in [3.8, 4) is 0 Å². The summed E-state index contributed by atoms with van der Waals surface area (Å²) in [6.07, 6.45) is 0. The van der Waals surface area contributed by atoms with Gasteiger partial charge >= 0.3 is 0 Å². The Kier molecular flexibility index (Phi) is 3.88. The first kappa shape index (κ1) is 14.0. The molecule has 0 unspecified atom stereocenters. The predicted octanol–water partition coefficient (Wildman–Crippen LogP) is 4.81. The van der Waals surface area contributed by atoms with Crippen molar-refractivity contribution in [1.82, 2.24) is 0 Å². The second kappa shape index (κ2) is 5.27. The van der Waals surface area contributed by atoms with Gasteiger partial charge in [-0.1, -0.05) is 23.2 Å². The summed E-state index contributed by atoms with van der Waals surface area (Å²) in [5.74, 6) is -1.86. The third-order valence-corrected chi connectivity index (χ3v) is 3.22. The van der Waals surface area contributed by atoms with Gasteiger partial charge in [0.15, 0.2) is 5.78 Å². The lowest BCUT2D eigenvalue weighted by atomic mass is 10.0. The van der Waals surface area contributed by atoms with Crippen LogP contribution in [0.3, 0.4) is 0 Å². The lowest BCUT2D eigenvalue weighted by molar-refractivity contribution is 0.103. The summed E-state index contributed by atoms with van der Waals surface area (Å²) in [7, 11) is 0. The molecule has 0 aromatic heterocycles. The summed E-state index contributed by atoms with van der Waals surface area (Å²) < 4.78 is 26.9. The highest BCUT2D eigenvalue weighted by molar-refractivity contribution is 6.35. The Morgan fingerprint density at radius 3 is 2.32 bits per heavy atom. The quantitative estimate of drug-likeness (QED) is 0.727. The second-order valence-electron chi connectivity index (χ2n) is 4.03. The highest BCUT2D eigenvalue weighted by atomic mass is 35.5. The van der Waals surface area contributed by atoms with E-state index in [1.165, 1.54) is 25.1 Å². The summed E-state index contributed by atoms with van der Waals surface area (Å²) in [5, 5.41) is 0.137. The molecule has 0 aliphatic heterocycles. The van der Waals surface area contributed by atoms with Crippen LogP contribution >= 0.6 is 23.2 Å². The molecule has 0 radical (unpaired) electrons. The number of aryl methyl sites for hydroxylation is 1. The third-order valence-electron chi connectivity index (χ3n) is 2.67. The molecule has 0 fully saturated rings. The Labute approximate surface area is 118 Å². The summed E-state index contributed by atoms with van der Waals surface area (Å²) >= 11 is 11.4. The summed E-state index contributed by atoms with van der Waals surface area (Å²) in [6.45, 7) is 1.50. The normalized spacial score (nSPS) is 10.6. The number of carbonyl (C=O) groups is 1. The van der Waals surface area contributed by atoms with Crippen molar-refractivity contribution in [2.24, 2.45) is 0 Å². The fourth-order valence-electron chi connectivity index (χ4n) is 1.65. The topological polar surface area (TPSA) is 17.1 Å². The molecule has 0 saturated heterocycles. The van der Waals surface area contributed by atoms with Gasteiger partial charge < -0.3 is 0 Å². The molecular formula is C14H8Cl2F2O. The van der Waals surface area contributed by atoms with Crippen LogP contribution in [0, 0.1) is 18.6 Å². The van der Waals surface area contributed by atoms with Crippen LogP contribution in [0.5, 0.6) is 0 Å². The molecule has 5 heteroatoms. The largest absolute Gasteiger partial charge is 0.288 e. The van der Waals surface area contributed by atoms with E-state index >= 15 is 0 Å². The molecule has 0 heterocycles. The minimum Gasteiger partial charge on any atom is -0.288 e. The van der Waals surface area contributed by atoms with Gasteiger partial charge in [-0.15, -0.1) is 0 Å². The number of carbonyl (C=O) groups excluding carboxylic acids is 1. The van der Waals surface area contributed by atoms with Gasteiger partial charge in [-0.2, -0.15) is 0 Å². The van der Waals surface area contributed by atoms with E-state index in [9.17, 15) is 13.6 Å². The van der Waals surface area contributed by atoms with Gasteiger partial charge in [0.25, 0.3) is 0 Å². The average Bonchev–Trinajstić information content (AvgIpc) is 2.33. The molecule has 0 atom stereocenters. The van der Waals surface area contributed by atoms with Gasteiger partial charge in [0.1, 0.15) is 11.6 Å². The Hall–Kier alpha value is -1.45. The van der Waals surface area contributed by atoms with Gasteiger partial charge in [0.2, 0.25) is 0 Å². The van der Waals surface area contributed by atoms with Crippen LogP contribution in [-0.4, -0.2) is 5.78 Å². The molecule has 2 aromatic rings. The van der Waals surface area contributed by atoms with E-state index in [4.69, 9.17) is 23.2 Å². The Morgan fingerprint density at radius 1 is 1.00 bits per heavy atom. The highest BCUT2D eigenvalue weighted by Crippen LogP contribution is 2.25. The molecule has 0 aliphatic carbocycles. The number of hydrogen-bond donors (Lipinski definition) is 0. The fourth-order valence-corrected chi connectivity index (χ4v) is 2.04. The predicted molar refractivity (Wildman–Crippen MR) is 71.0 cm³/mol. The van der Waals surface area contributed by atoms with E-state index in [2.05, 4.69) is 0 Å². The van der Waals surface area contributed by atoms with E-state index in [1.54, 1.807) is 0 Å². The number of rotatable bonds is 2. The van der Waals surface area contributed by atoms with Crippen LogP contribution in [0.25, 0.3) is 0 Å². The van der Waals surface area contributed by atoms with Crippen LogP contribution in [-0.2, 0) is 0 Å². The second-order valence-corrected chi connectivity index (χ2v) is 4.88. The SMILES string of the molecule is Cc1cc(C(=O)c2ccc(Cl)cc2F)c(Cl)cc1F. The zero-order valence-electron chi connectivity index (χ0n) is 9.81. The van der Waals surface area contributed by atoms with Crippen LogP contribution < -0.4 is 0 Å². The standard InChI is InChI=1S/C14H8Cl2F2O/c1-7-4-10(11(16)6-12(7)17)14(19)9-3-2-8(15)5-13(9)18/h2-6H,1H3. The molecule has 2 aromatic carbocycles. The maximum Gasteiger partial charge on any atom is 0.197 e. The Bertz CT molecular complexity index is 669. The van der Waals surface area contributed by atoms with Crippen LogP contribution in [0.4, 0.5) is 8.78 Å². The number of halogens is 4. The lowest BCUT2D eigenvalue weighted by Gasteiger charge is -2.07. The smallest absolute Gasteiger partial charge is 0.197 e. The van der Waals surface area contributed by atoms with Crippen molar-refractivity contribution in [1.29, 1.82) is 0 Å². The van der Waals surface area contributed by atoms with Crippen molar-refractivity contribution >= 4 is 29.0 Å². The van der Waals surface area contributed by atoms with E-state index in [0.717, 1.165) is 12.1 Å². The van der Waals surface area contributed by atoms with Gasteiger partial charge in [-0.25, -0.2) is 8.78 Å². The van der Waals surface area contributed by atoms with Crippen molar-refractivity contribution in [2.75, 3.05) is 0 Å². The molecule has 0 bridgehead atoms. The first-order chi connectivity index (χ1) is 8.90. The van der Waals surface area contributed by atoms with Crippen LogP contribution in [0.2, 0.25) is 10.0 Å². The van der Waals surface area contributed by atoms with Gasteiger partial charge in [0, 0.05) is 10.6 Å². The van der Waals surface area contributed by atoms with Crippen LogP contribution in [0.15, 0.2) is 30.3 Å². The van der Waals surface area contributed by atoms with Gasteiger partial charge in [-0.05, 0) is 42.8 Å². The van der Waals surface area contributed by atoms with Crippen molar-refractivity contribution in [3.63, 3.8) is 0 Å². The van der Waals surface area contributed by atoms with Gasteiger partial charge in [-0.3, -0.25) is 4.79 Å². The molecule has 0 aliphatic rings. The van der Waals surface area contributed by atoms with Crippen molar-refractivity contribution in [3.05, 3.63) is 68.7 Å². The van der Waals surface area contributed by atoms with E-state index in [-0.39, 0.29) is 26.7 Å². The Morgan fingerprint density at radius 2 is 1.68 bits per heavy atom. The molecule has 2 rings (SSSR count). The molecule has 0 saturated carbocycles. The molecule has 1 nitrogen and oxygen atoms in total. The number of benzene rings is 2. The van der Waals surface area contributed by atoms with Crippen molar-refractivity contribution in [2.45, 2.75) is 6.92 Å². The fraction of sp³-hybridized carbons (Fsp3) is 0.0714. The first-order valence-electron chi connectivity index (χ1n) is 5.35. The van der Waals surface area contributed by atoms with Crippen molar-refractivity contribution < 1.29 is 13.6 Å². The van der Waals surface area contributed by atoms with Crippen LogP contribution in [0.1, 0.15) is 21.5 Å². The lowest BCUT2D eigenvalue weighted by Crippen LogP contribution is -2.06. The summed E-state index contributed by atoms with van der Waals surface area (Å²) in [5.41, 5.74) is 0.168. The van der Waals surface area contributed by atoms with Gasteiger partial charge in [0.05, 0.1) is 10.6 Å². The maximum atomic E-state index is 13.7. The summed E-state index contributed by atoms with van der Waals surface area (Å²) in [4.78, 5) is 12.2. The number of hydrogen-bond acceptors (Lipinski definition) is 1. The molecule has 19 heavy (non-hydrogen) atoms. The zero-order chi connectivity index (χ0) is 14.2.